The molecule has 0 bridgehead atoms. The number of nitrogens with one attached hydrogen (secondary N) is 1. The van der Waals surface area contributed by atoms with Gasteiger partial charge in [-0.1, -0.05) is 12.1 Å². The highest BCUT2D eigenvalue weighted by molar-refractivity contribution is 7.15. The average Bonchev–Trinajstić information content (AvgIpc) is 3.19. The summed E-state index contributed by atoms with van der Waals surface area (Å²) in [5, 5.41) is 3.08. The zero-order valence-electron chi connectivity index (χ0n) is 17.3. The Morgan fingerprint density at radius 3 is 2.19 bits per heavy atom. The largest absolute Gasteiger partial charge is 0.573 e. The second-order valence-electron chi connectivity index (χ2n) is 6.37. The predicted molar refractivity (Wildman–Crippen MR) is 112 cm³/mol. The van der Waals surface area contributed by atoms with Gasteiger partial charge in [-0.25, -0.2) is 4.98 Å². The standard InChI is InChI=1S/C21H19F3N2O5S/c1-28-16-9-13(10-17(29-2)18(16)30-3)19(27)26-20-25-11-15(32-20)8-12-4-6-14(7-5-12)31-21(22,23)24/h4-7,9-11H,8H2,1-3H3,(H,25,26,27). The summed E-state index contributed by atoms with van der Waals surface area (Å²) in [7, 11) is 4.37. The third-order valence-electron chi connectivity index (χ3n) is 4.24. The number of amides is 1. The topological polar surface area (TPSA) is 78.9 Å². The number of anilines is 1. The lowest BCUT2D eigenvalue weighted by atomic mass is 10.1. The molecule has 3 rings (SSSR count). The van der Waals surface area contributed by atoms with E-state index in [0.29, 0.717) is 28.8 Å². The van der Waals surface area contributed by atoms with E-state index in [2.05, 4.69) is 15.0 Å². The van der Waals surface area contributed by atoms with Crippen molar-refractivity contribution >= 4 is 22.4 Å². The Hall–Kier alpha value is -3.47. The van der Waals surface area contributed by atoms with Gasteiger partial charge in [0, 0.05) is 23.1 Å². The molecule has 11 heteroatoms. The van der Waals surface area contributed by atoms with E-state index in [1.54, 1.807) is 6.20 Å². The number of carbonyl (C=O) groups excluding carboxylic acids is 1. The quantitative estimate of drug-likeness (QED) is 0.506. The number of aromatic nitrogens is 1. The lowest BCUT2D eigenvalue weighted by molar-refractivity contribution is -0.274. The van der Waals surface area contributed by atoms with Gasteiger partial charge in [-0.3, -0.25) is 10.1 Å². The number of nitrogens with zero attached hydrogens (tertiary/aromatic N) is 1. The number of thiazole rings is 1. The van der Waals surface area contributed by atoms with E-state index < -0.39 is 12.3 Å². The second kappa shape index (κ2) is 9.77. The van der Waals surface area contributed by atoms with Crippen molar-refractivity contribution in [2.75, 3.05) is 26.6 Å². The molecule has 3 aromatic rings. The van der Waals surface area contributed by atoms with Crippen LogP contribution in [0.25, 0.3) is 0 Å². The highest BCUT2D eigenvalue weighted by Crippen LogP contribution is 2.38. The third kappa shape index (κ3) is 5.82. The summed E-state index contributed by atoms with van der Waals surface area (Å²) in [6, 6.07) is 8.61. The summed E-state index contributed by atoms with van der Waals surface area (Å²) in [5.74, 6) is 0.349. The Balaban J connectivity index is 1.68. The van der Waals surface area contributed by atoms with E-state index in [4.69, 9.17) is 14.2 Å². The first-order valence-corrected chi connectivity index (χ1v) is 9.94. The number of alkyl halides is 3. The minimum atomic E-state index is -4.73. The first-order valence-electron chi connectivity index (χ1n) is 9.13. The molecule has 0 saturated heterocycles. The molecular weight excluding hydrogens is 449 g/mol. The van der Waals surface area contributed by atoms with E-state index in [1.807, 2.05) is 0 Å². The van der Waals surface area contributed by atoms with Gasteiger partial charge in [-0.15, -0.1) is 24.5 Å². The summed E-state index contributed by atoms with van der Waals surface area (Å²) in [6.45, 7) is 0. The van der Waals surface area contributed by atoms with Gasteiger partial charge in [0.25, 0.3) is 5.91 Å². The fourth-order valence-electron chi connectivity index (χ4n) is 2.84. The van der Waals surface area contributed by atoms with Gasteiger partial charge in [0.2, 0.25) is 5.75 Å². The van der Waals surface area contributed by atoms with Crippen molar-refractivity contribution in [2.45, 2.75) is 12.8 Å². The van der Waals surface area contributed by atoms with E-state index in [0.717, 1.165) is 10.4 Å². The maximum absolute atomic E-state index is 12.7. The summed E-state index contributed by atoms with van der Waals surface area (Å²) in [6.07, 6.45) is -2.70. The minimum Gasteiger partial charge on any atom is -0.493 e. The van der Waals surface area contributed by atoms with Crippen molar-refractivity contribution in [3.63, 3.8) is 0 Å². The number of benzene rings is 2. The highest BCUT2D eigenvalue weighted by atomic mass is 32.1. The smallest absolute Gasteiger partial charge is 0.493 e. The molecule has 1 heterocycles. The monoisotopic (exact) mass is 468 g/mol. The molecule has 2 aromatic carbocycles. The number of ether oxygens (including phenoxy) is 4. The van der Waals surface area contributed by atoms with E-state index >= 15 is 0 Å². The Kier molecular flexibility index (Phi) is 7.08. The van der Waals surface area contributed by atoms with Gasteiger partial charge in [-0.2, -0.15) is 0 Å². The molecule has 0 atom stereocenters. The van der Waals surface area contributed by atoms with Crippen LogP contribution in [0.5, 0.6) is 23.0 Å². The van der Waals surface area contributed by atoms with Crippen LogP contribution in [0.3, 0.4) is 0 Å². The van der Waals surface area contributed by atoms with Crippen LogP contribution in [-0.2, 0) is 6.42 Å². The molecule has 7 nitrogen and oxygen atoms in total. The molecule has 1 N–H and O–H groups in total. The SMILES string of the molecule is COc1cc(C(=O)Nc2ncc(Cc3ccc(OC(F)(F)F)cc3)s2)cc(OC)c1OC. The molecule has 0 aliphatic rings. The summed E-state index contributed by atoms with van der Waals surface area (Å²) >= 11 is 1.25. The number of carbonyl (C=O) groups is 1. The van der Waals surface area contributed by atoms with Crippen molar-refractivity contribution in [1.82, 2.24) is 4.98 Å². The predicted octanol–water partition coefficient (Wildman–Crippen LogP) is 4.91. The molecule has 170 valence electrons. The van der Waals surface area contributed by atoms with Gasteiger partial charge < -0.3 is 18.9 Å². The van der Waals surface area contributed by atoms with Crippen LogP contribution in [0.15, 0.2) is 42.6 Å². The summed E-state index contributed by atoms with van der Waals surface area (Å²) < 4.78 is 56.4. The second-order valence-corrected chi connectivity index (χ2v) is 7.48. The molecule has 0 radical (unpaired) electrons. The number of hydrogen-bond donors (Lipinski definition) is 1. The number of hydrogen-bond acceptors (Lipinski definition) is 7. The first kappa shape index (κ1) is 23.2. The lowest BCUT2D eigenvalue weighted by Crippen LogP contribution is -2.17. The molecule has 1 aromatic heterocycles. The van der Waals surface area contributed by atoms with Gasteiger partial charge in [0.15, 0.2) is 16.6 Å². The molecule has 0 spiro atoms. The van der Waals surface area contributed by atoms with Crippen LogP contribution >= 0.6 is 11.3 Å². The zero-order chi connectivity index (χ0) is 23.3. The van der Waals surface area contributed by atoms with E-state index in [1.165, 1.54) is 69.1 Å². The van der Waals surface area contributed by atoms with Crippen LogP contribution in [0.1, 0.15) is 20.8 Å². The molecule has 0 aliphatic carbocycles. The van der Waals surface area contributed by atoms with Crippen molar-refractivity contribution in [2.24, 2.45) is 0 Å². The fraction of sp³-hybridized carbons (Fsp3) is 0.238. The maximum atomic E-state index is 12.7. The Morgan fingerprint density at radius 2 is 1.66 bits per heavy atom. The first-order chi connectivity index (χ1) is 15.2. The Labute approximate surface area is 185 Å². The number of methoxy groups -OCH3 is 3. The zero-order valence-corrected chi connectivity index (χ0v) is 18.1. The molecule has 0 saturated carbocycles. The minimum absolute atomic E-state index is 0.288. The Morgan fingerprint density at radius 1 is 1.03 bits per heavy atom. The van der Waals surface area contributed by atoms with Crippen LogP contribution < -0.4 is 24.3 Å². The Bertz CT molecular complexity index is 1060. The van der Waals surface area contributed by atoms with Crippen molar-refractivity contribution in [3.8, 4) is 23.0 Å². The van der Waals surface area contributed by atoms with Gasteiger partial charge in [0.05, 0.1) is 21.3 Å². The number of halogens is 3. The third-order valence-corrected chi connectivity index (χ3v) is 5.15. The molecule has 0 fully saturated rings. The van der Waals surface area contributed by atoms with Crippen LogP contribution in [0.2, 0.25) is 0 Å². The van der Waals surface area contributed by atoms with Crippen molar-refractivity contribution < 1.29 is 36.9 Å². The average molecular weight is 468 g/mol. The summed E-state index contributed by atoms with van der Waals surface area (Å²) in [4.78, 5) is 17.7. The van der Waals surface area contributed by atoms with Crippen LogP contribution in [0, 0.1) is 0 Å². The highest BCUT2D eigenvalue weighted by Gasteiger charge is 2.31. The molecular formula is C21H19F3N2O5S. The fourth-order valence-corrected chi connectivity index (χ4v) is 3.68. The van der Waals surface area contributed by atoms with E-state index in [-0.39, 0.29) is 11.3 Å². The van der Waals surface area contributed by atoms with Crippen molar-refractivity contribution in [1.29, 1.82) is 0 Å². The molecule has 0 aliphatic heterocycles. The maximum Gasteiger partial charge on any atom is 0.573 e. The summed E-state index contributed by atoms with van der Waals surface area (Å²) in [5.41, 5.74) is 1.06. The van der Waals surface area contributed by atoms with Crippen LogP contribution in [0.4, 0.5) is 18.3 Å². The van der Waals surface area contributed by atoms with Gasteiger partial charge >= 0.3 is 6.36 Å². The lowest BCUT2D eigenvalue weighted by Gasteiger charge is -2.13. The van der Waals surface area contributed by atoms with Gasteiger partial charge in [0.1, 0.15) is 5.75 Å². The van der Waals surface area contributed by atoms with Crippen molar-refractivity contribution in [3.05, 3.63) is 58.6 Å². The van der Waals surface area contributed by atoms with E-state index in [9.17, 15) is 18.0 Å². The molecule has 32 heavy (non-hydrogen) atoms. The van der Waals surface area contributed by atoms with Gasteiger partial charge in [-0.05, 0) is 29.8 Å². The molecule has 1 amide bonds. The normalized spacial score (nSPS) is 11.1. The van der Waals surface area contributed by atoms with Crippen LogP contribution in [-0.4, -0.2) is 38.6 Å². The number of rotatable bonds is 8. The molecule has 0 unspecified atom stereocenters.